The van der Waals surface area contributed by atoms with Crippen LogP contribution in [0.1, 0.15) is 99.6 Å². The number of amides is 3. The van der Waals surface area contributed by atoms with Crippen LogP contribution in [-0.4, -0.2) is 50.9 Å². The molecule has 3 aliphatic carbocycles. The maximum Gasteiger partial charge on any atom is 0.326 e. The molecule has 3 aliphatic rings. The summed E-state index contributed by atoms with van der Waals surface area (Å²) in [4.78, 5) is 81.4. The van der Waals surface area contributed by atoms with E-state index in [9.17, 15) is 39.0 Å². The lowest BCUT2D eigenvalue weighted by molar-refractivity contribution is -0.192. The summed E-state index contributed by atoms with van der Waals surface area (Å²) >= 11 is 0. The molecule has 0 spiro atoms. The van der Waals surface area contributed by atoms with Crippen molar-refractivity contribution in [3.63, 3.8) is 0 Å². The van der Waals surface area contributed by atoms with Gasteiger partial charge < -0.3 is 15.5 Å². The molecule has 1 saturated carbocycles. The van der Waals surface area contributed by atoms with Crippen molar-refractivity contribution in [1.29, 1.82) is 0 Å². The Hall–Kier alpha value is -4.44. The molecule has 2 aromatic carbocycles. The van der Waals surface area contributed by atoms with Gasteiger partial charge in [0.25, 0.3) is 5.91 Å². The summed E-state index contributed by atoms with van der Waals surface area (Å²) in [7, 11) is 0. The van der Waals surface area contributed by atoms with Gasteiger partial charge in [-0.1, -0.05) is 65.3 Å². The van der Waals surface area contributed by atoms with Crippen molar-refractivity contribution in [2.24, 2.45) is 28.6 Å². The van der Waals surface area contributed by atoms with Crippen molar-refractivity contribution < 1.29 is 39.0 Å². The van der Waals surface area contributed by atoms with E-state index in [1.54, 1.807) is 45.0 Å². The number of rotatable bonds is 5. The Morgan fingerprint density at radius 2 is 1.62 bits per heavy atom. The Morgan fingerprint density at radius 1 is 1.00 bits per heavy atom. The number of imide groups is 1. The number of fused-ring (bicyclic) bond motifs is 3. The first-order valence-corrected chi connectivity index (χ1v) is 15.9. The maximum absolute atomic E-state index is 14.6. The molecule has 248 valence electrons. The first kappa shape index (κ1) is 33.9. The third-order valence-corrected chi connectivity index (χ3v) is 10.7. The van der Waals surface area contributed by atoms with E-state index < -0.39 is 69.1 Å². The Labute approximate surface area is 274 Å². The van der Waals surface area contributed by atoms with Crippen LogP contribution in [0, 0.1) is 28.6 Å². The number of phenolic OH excluding ortho intramolecular Hbond substituents is 1. The molecule has 5 atom stereocenters. The Balaban J connectivity index is 1.62. The van der Waals surface area contributed by atoms with E-state index in [-0.39, 0.29) is 47.1 Å². The average Bonchev–Trinajstić information content (AvgIpc) is 2.96. The first-order chi connectivity index (χ1) is 21.8. The molecular formula is C37H42N2O8. The van der Waals surface area contributed by atoms with Crippen LogP contribution in [0.2, 0.25) is 0 Å². The number of Topliss-reactive ketones (excluding diaryl/α,β-unsaturated/α-hetero) is 4. The SMILES string of the molecule is CC(=O)C1=C(C)[C@@H](C(C)C)[C@]2(C)C[C@]3(C)Cc4c(C(C)C)cc(NC(=O)NC(=O)c5ccccc5)c(O)c4C(=O)C3C(=O)[C@]2(O)C1=O. The minimum absolute atomic E-state index is 0.123. The zero-order chi connectivity index (χ0) is 35.0. The number of phenols is 1. The second-order valence-electron chi connectivity index (χ2n) is 14.6. The quantitative estimate of drug-likeness (QED) is 0.193. The number of urea groups is 1. The fraction of sp³-hybridized carbons (Fsp3) is 0.459. The molecule has 0 aromatic heterocycles. The summed E-state index contributed by atoms with van der Waals surface area (Å²) in [5.74, 6) is -6.92. The fourth-order valence-electron chi connectivity index (χ4n) is 9.11. The molecule has 10 heteroatoms. The van der Waals surface area contributed by atoms with Crippen LogP contribution in [0.15, 0.2) is 47.5 Å². The second kappa shape index (κ2) is 11.4. The lowest BCUT2D eigenvalue weighted by Gasteiger charge is -2.62. The normalized spacial score (nSPS) is 28.5. The van der Waals surface area contributed by atoms with E-state index in [4.69, 9.17) is 0 Å². The predicted molar refractivity (Wildman–Crippen MR) is 174 cm³/mol. The van der Waals surface area contributed by atoms with Gasteiger partial charge in [0.2, 0.25) is 5.78 Å². The highest BCUT2D eigenvalue weighted by atomic mass is 16.3. The summed E-state index contributed by atoms with van der Waals surface area (Å²) < 4.78 is 0. The first-order valence-electron chi connectivity index (χ1n) is 15.9. The molecule has 0 aliphatic heterocycles. The average molecular weight is 643 g/mol. The monoisotopic (exact) mass is 642 g/mol. The van der Waals surface area contributed by atoms with Crippen molar-refractivity contribution in [2.75, 3.05) is 5.32 Å². The molecule has 5 rings (SSSR count). The molecular weight excluding hydrogens is 600 g/mol. The Morgan fingerprint density at radius 3 is 2.17 bits per heavy atom. The van der Waals surface area contributed by atoms with Crippen molar-refractivity contribution >= 4 is 40.8 Å². The molecule has 0 saturated heterocycles. The minimum atomic E-state index is -2.65. The van der Waals surface area contributed by atoms with Gasteiger partial charge >= 0.3 is 6.03 Å². The highest BCUT2D eigenvalue weighted by Gasteiger charge is 2.73. The summed E-state index contributed by atoms with van der Waals surface area (Å²) in [6.45, 7) is 14.1. The summed E-state index contributed by atoms with van der Waals surface area (Å²) in [5.41, 5.74) is -3.60. The van der Waals surface area contributed by atoms with Gasteiger partial charge in [0, 0.05) is 11.0 Å². The number of hydrogen-bond acceptors (Lipinski definition) is 8. The number of ketones is 4. The number of carbonyl (C=O) groups excluding carboxylic acids is 6. The van der Waals surface area contributed by atoms with E-state index in [1.165, 1.54) is 19.1 Å². The van der Waals surface area contributed by atoms with Crippen molar-refractivity contribution in [3.8, 4) is 5.75 Å². The van der Waals surface area contributed by atoms with Gasteiger partial charge in [-0.15, -0.1) is 0 Å². The highest BCUT2D eigenvalue weighted by molar-refractivity contribution is 6.33. The second-order valence-corrected chi connectivity index (χ2v) is 14.6. The Kier molecular flexibility index (Phi) is 8.20. The van der Waals surface area contributed by atoms with Gasteiger partial charge in [-0.2, -0.15) is 0 Å². The van der Waals surface area contributed by atoms with Crippen molar-refractivity contribution in [1.82, 2.24) is 5.32 Å². The number of hydrogen-bond donors (Lipinski definition) is 4. The van der Waals surface area contributed by atoms with Gasteiger partial charge in [0.15, 0.2) is 23.0 Å². The Bertz CT molecular complexity index is 1790. The van der Waals surface area contributed by atoms with E-state index in [0.717, 1.165) is 0 Å². The predicted octanol–water partition coefficient (Wildman–Crippen LogP) is 5.31. The lowest BCUT2D eigenvalue weighted by Crippen LogP contribution is -2.73. The van der Waals surface area contributed by atoms with Crippen LogP contribution in [-0.2, 0) is 20.8 Å². The number of carbonyl (C=O) groups is 6. The molecule has 2 aromatic rings. The highest BCUT2D eigenvalue weighted by Crippen LogP contribution is 2.65. The zero-order valence-electron chi connectivity index (χ0n) is 28.0. The van der Waals surface area contributed by atoms with Crippen LogP contribution in [0.4, 0.5) is 10.5 Å². The van der Waals surface area contributed by atoms with E-state index in [2.05, 4.69) is 10.6 Å². The number of anilines is 1. The van der Waals surface area contributed by atoms with E-state index in [1.807, 2.05) is 27.7 Å². The third kappa shape index (κ3) is 4.87. The van der Waals surface area contributed by atoms with E-state index >= 15 is 0 Å². The zero-order valence-corrected chi connectivity index (χ0v) is 28.0. The van der Waals surface area contributed by atoms with Gasteiger partial charge in [-0.05, 0) is 79.2 Å². The summed E-state index contributed by atoms with van der Waals surface area (Å²) in [6.07, 6.45) is 0.301. The third-order valence-electron chi connectivity index (χ3n) is 10.7. The molecule has 4 N–H and O–H groups in total. The summed E-state index contributed by atoms with van der Waals surface area (Å²) in [5, 5.41) is 28.5. The molecule has 0 heterocycles. The van der Waals surface area contributed by atoms with Crippen LogP contribution in [0.25, 0.3) is 0 Å². The van der Waals surface area contributed by atoms with Gasteiger partial charge in [0.05, 0.1) is 22.7 Å². The molecule has 47 heavy (non-hydrogen) atoms. The lowest BCUT2D eigenvalue weighted by atomic mass is 9.40. The number of allylic oxidation sites excluding steroid dienone is 1. The largest absolute Gasteiger partial charge is 0.505 e. The molecule has 1 unspecified atom stereocenters. The number of benzene rings is 2. The summed E-state index contributed by atoms with van der Waals surface area (Å²) in [6, 6.07) is 8.69. The molecule has 1 fully saturated rings. The minimum Gasteiger partial charge on any atom is -0.505 e. The molecule has 10 nitrogen and oxygen atoms in total. The number of aromatic hydroxyl groups is 1. The topological polar surface area (TPSA) is 167 Å². The van der Waals surface area contributed by atoms with Gasteiger partial charge in [-0.25, -0.2) is 4.79 Å². The van der Waals surface area contributed by atoms with Crippen LogP contribution in [0.3, 0.4) is 0 Å². The van der Waals surface area contributed by atoms with Crippen molar-refractivity contribution in [3.05, 3.63) is 69.8 Å². The van der Waals surface area contributed by atoms with Gasteiger partial charge in [-0.3, -0.25) is 29.3 Å². The number of aliphatic hydroxyl groups is 1. The smallest absolute Gasteiger partial charge is 0.326 e. The van der Waals surface area contributed by atoms with Crippen molar-refractivity contribution in [2.45, 2.75) is 79.8 Å². The fourth-order valence-corrected chi connectivity index (χ4v) is 9.11. The van der Waals surface area contributed by atoms with Crippen LogP contribution in [0.5, 0.6) is 5.75 Å². The van der Waals surface area contributed by atoms with Gasteiger partial charge in [0.1, 0.15) is 5.75 Å². The maximum atomic E-state index is 14.6. The molecule has 0 radical (unpaired) electrons. The molecule has 3 amide bonds. The van der Waals surface area contributed by atoms with Crippen LogP contribution >= 0.6 is 0 Å². The van der Waals surface area contributed by atoms with Crippen LogP contribution < -0.4 is 10.6 Å². The molecule has 0 bridgehead atoms. The standard InChI is InChI=1S/C37H42N2O8/c1-17(2)22-14-24(38-34(46)39-33(45)21-12-10-9-11-13-21)29(41)26-23(22)15-35(7)16-36(8)27(18(3)4)19(5)25(20(6)40)31(43)37(36,47)32(44)28(35)30(26)42/h9-14,17-18,27-28,41,47H,15-16H2,1-8H3,(H2,38,39,45,46)/t27-,28?,35+,36+,37-/m1/s1. The number of nitrogens with one attached hydrogen (secondary N) is 2. The van der Waals surface area contributed by atoms with E-state index in [0.29, 0.717) is 16.7 Å².